The first kappa shape index (κ1) is 13.4. The van der Waals surface area contributed by atoms with Gasteiger partial charge < -0.3 is 5.11 Å². The van der Waals surface area contributed by atoms with Crippen LogP contribution in [0.15, 0.2) is 25.3 Å². The summed E-state index contributed by atoms with van der Waals surface area (Å²) in [6.07, 6.45) is 12.4. The van der Waals surface area contributed by atoms with Crippen LogP contribution in [0.2, 0.25) is 0 Å². The van der Waals surface area contributed by atoms with Crippen molar-refractivity contribution in [2.75, 3.05) is 0 Å². The van der Waals surface area contributed by atoms with Crippen molar-refractivity contribution >= 4 is 0 Å². The van der Waals surface area contributed by atoms with Gasteiger partial charge in [-0.2, -0.15) is 0 Å². The minimum absolute atomic E-state index is 0.0929. The molecule has 0 aliphatic rings. The van der Waals surface area contributed by atoms with Crippen molar-refractivity contribution in [2.45, 2.75) is 57.5 Å². The highest BCUT2D eigenvalue weighted by Gasteiger charge is 2.02. The van der Waals surface area contributed by atoms with Gasteiger partial charge in [-0.15, -0.1) is 13.2 Å². The predicted molar refractivity (Wildman–Crippen MR) is 63.3 cm³/mol. The Morgan fingerprint density at radius 2 is 1.29 bits per heavy atom. The lowest BCUT2D eigenvalue weighted by atomic mass is 10.0. The third-order valence-corrected chi connectivity index (χ3v) is 2.39. The molecule has 0 aromatic carbocycles. The minimum Gasteiger partial charge on any atom is -0.393 e. The fraction of sp³-hybridized carbons (Fsp3) is 0.692. The average molecular weight is 196 g/mol. The van der Waals surface area contributed by atoms with E-state index in [9.17, 15) is 5.11 Å². The molecule has 0 saturated heterocycles. The van der Waals surface area contributed by atoms with Crippen LogP contribution in [0.5, 0.6) is 0 Å². The summed E-state index contributed by atoms with van der Waals surface area (Å²) in [6.45, 7) is 7.35. The van der Waals surface area contributed by atoms with Crippen molar-refractivity contribution in [3.8, 4) is 0 Å². The van der Waals surface area contributed by atoms with Gasteiger partial charge in [0.05, 0.1) is 6.10 Å². The highest BCUT2D eigenvalue weighted by atomic mass is 16.3. The topological polar surface area (TPSA) is 20.2 Å². The molecule has 0 radical (unpaired) electrons. The molecule has 82 valence electrons. The molecule has 0 spiro atoms. The summed E-state index contributed by atoms with van der Waals surface area (Å²) in [5.41, 5.74) is 0. The molecule has 0 aromatic rings. The van der Waals surface area contributed by atoms with Crippen molar-refractivity contribution in [1.82, 2.24) is 0 Å². The Hall–Kier alpha value is -0.560. The molecule has 0 aromatic heterocycles. The Morgan fingerprint density at radius 3 is 1.64 bits per heavy atom. The molecular formula is C13H24O. The summed E-state index contributed by atoms with van der Waals surface area (Å²) < 4.78 is 0. The highest BCUT2D eigenvalue weighted by Crippen LogP contribution is 2.10. The number of hydrogen-bond donors (Lipinski definition) is 1. The third-order valence-electron chi connectivity index (χ3n) is 2.39. The molecular weight excluding hydrogens is 172 g/mol. The average Bonchev–Trinajstić information content (AvgIpc) is 2.19. The zero-order valence-electron chi connectivity index (χ0n) is 9.25. The molecule has 1 N–H and O–H groups in total. The van der Waals surface area contributed by atoms with Gasteiger partial charge in [-0.05, 0) is 38.5 Å². The SMILES string of the molecule is C=CCCCCC(O)CCCCC=C. The first-order valence-corrected chi connectivity index (χ1v) is 5.71. The maximum absolute atomic E-state index is 9.60. The summed E-state index contributed by atoms with van der Waals surface area (Å²) in [7, 11) is 0. The van der Waals surface area contributed by atoms with Gasteiger partial charge in [-0.1, -0.05) is 25.0 Å². The largest absolute Gasteiger partial charge is 0.393 e. The van der Waals surface area contributed by atoms with Gasteiger partial charge in [-0.3, -0.25) is 0 Å². The lowest BCUT2D eigenvalue weighted by molar-refractivity contribution is 0.148. The second-order valence-electron chi connectivity index (χ2n) is 3.80. The number of unbranched alkanes of at least 4 members (excludes halogenated alkanes) is 4. The van der Waals surface area contributed by atoms with E-state index in [-0.39, 0.29) is 6.10 Å². The molecule has 0 fully saturated rings. The number of aliphatic hydroxyl groups is 1. The number of allylic oxidation sites excluding steroid dienone is 2. The summed E-state index contributed by atoms with van der Waals surface area (Å²) >= 11 is 0. The summed E-state index contributed by atoms with van der Waals surface area (Å²) in [5.74, 6) is 0. The van der Waals surface area contributed by atoms with Crippen LogP contribution >= 0.6 is 0 Å². The van der Waals surface area contributed by atoms with Crippen LogP contribution in [0, 0.1) is 0 Å². The maximum Gasteiger partial charge on any atom is 0.0540 e. The van der Waals surface area contributed by atoms with Crippen LogP contribution in [0.3, 0.4) is 0 Å². The standard InChI is InChI=1S/C13H24O/c1-3-5-7-9-11-13(14)12-10-8-6-4-2/h3-4,13-14H,1-2,5-12H2. The summed E-state index contributed by atoms with van der Waals surface area (Å²) in [4.78, 5) is 0. The molecule has 0 saturated carbocycles. The second-order valence-corrected chi connectivity index (χ2v) is 3.80. The molecule has 0 unspecified atom stereocenters. The van der Waals surface area contributed by atoms with Crippen LogP contribution in [0.25, 0.3) is 0 Å². The zero-order valence-corrected chi connectivity index (χ0v) is 9.25. The van der Waals surface area contributed by atoms with Gasteiger partial charge in [0.25, 0.3) is 0 Å². The fourth-order valence-corrected chi connectivity index (χ4v) is 1.48. The third kappa shape index (κ3) is 9.53. The van der Waals surface area contributed by atoms with E-state index < -0.39 is 0 Å². The zero-order chi connectivity index (χ0) is 10.6. The molecule has 1 heteroatoms. The number of rotatable bonds is 10. The Balaban J connectivity index is 3.14. The fourth-order valence-electron chi connectivity index (χ4n) is 1.48. The Kier molecular flexibility index (Phi) is 10.1. The second kappa shape index (κ2) is 10.5. The van der Waals surface area contributed by atoms with E-state index >= 15 is 0 Å². The summed E-state index contributed by atoms with van der Waals surface area (Å²) in [6, 6.07) is 0. The van der Waals surface area contributed by atoms with Gasteiger partial charge in [0.2, 0.25) is 0 Å². The summed E-state index contributed by atoms with van der Waals surface area (Å²) in [5, 5.41) is 9.60. The van der Waals surface area contributed by atoms with E-state index in [1.54, 1.807) is 0 Å². The first-order valence-electron chi connectivity index (χ1n) is 5.71. The molecule has 14 heavy (non-hydrogen) atoms. The molecule has 0 atom stereocenters. The number of hydrogen-bond acceptors (Lipinski definition) is 1. The molecule has 1 nitrogen and oxygen atoms in total. The van der Waals surface area contributed by atoms with Crippen LogP contribution in [-0.2, 0) is 0 Å². The smallest absolute Gasteiger partial charge is 0.0540 e. The first-order chi connectivity index (χ1) is 6.81. The van der Waals surface area contributed by atoms with Crippen molar-refractivity contribution in [1.29, 1.82) is 0 Å². The lowest BCUT2D eigenvalue weighted by Crippen LogP contribution is -2.05. The normalized spacial score (nSPS) is 10.4. The van der Waals surface area contributed by atoms with Crippen LogP contribution in [0.1, 0.15) is 51.4 Å². The van der Waals surface area contributed by atoms with Gasteiger partial charge in [-0.25, -0.2) is 0 Å². The minimum atomic E-state index is -0.0929. The van der Waals surface area contributed by atoms with Crippen molar-refractivity contribution in [2.24, 2.45) is 0 Å². The van der Waals surface area contributed by atoms with Crippen molar-refractivity contribution in [3.05, 3.63) is 25.3 Å². The van der Waals surface area contributed by atoms with E-state index in [4.69, 9.17) is 0 Å². The van der Waals surface area contributed by atoms with Gasteiger partial charge in [0.15, 0.2) is 0 Å². The van der Waals surface area contributed by atoms with E-state index in [2.05, 4.69) is 13.2 Å². The molecule has 0 heterocycles. The van der Waals surface area contributed by atoms with Gasteiger partial charge >= 0.3 is 0 Å². The Labute approximate surface area is 88.5 Å². The monoisotopic (exact) mass is 196 g/mol. The van der Waals surface area contributed by atoms with Gasteiger partial charge in [0.1, 0.15) is 0 Å². The molecule has 0 aliphatic heterocycles. The highest BCUT2D eigenvalue weighted by molar-refractivity contribution is 4.68. The van der Waals surface area contributed by atoms with Crippen LogP contribution < -0.4 is 0 Å². The quantitative estimate of drug-likeness (QED) is 0.416. The van der Waals surface area contributed by atoms with Crippen molar-refractivity contribution in [3.63, 3.8) is 0 Å². The maximum atomic E-state index is 9.60. The Bertz CT molecular complexity index is 124. The van der Waals surface area contributed by atoms with Gasteiger partial charge in [0, 0.05) is 0 Å². The van der Waals surface area contributed by atoms with E-state index in [0.717, 1.165) is 51.4 Å². The Morgan fingerprint density at radius 1 is 0.857 bits per heavy atom. The molecule has 0 amide bonds. The molecule has 0 aliphatic carbocycles. The van der Waals surface area contributed by atoms with E-state index in [1.165, 1.54) is 0 Å². The van der Waals surface area contributed by atoms with E-state index in [0.29, 0.717) is 0 Å². The number of aliphatic hydroxyl groups excluding tert-OH is 1. The van der Waals surface area contributed by atoms with Crippen LogP contribution in [-0.4, -0.2) is 11.2 Å². The van der Waals surface area contributed by atoms with Crippen LogP contribution in [0.4, 0.5) is 0 Å². The molecule has 0 bridgehead atoms. The predicted octanol–water partition coefficient (Wildman–Crippen LogP) is 3.84. The van der Waals surface area contributed by atoms with E-state index in [1.807, 2.05) is 12.2 Å². The van der Waals surface area contributed by atoms with Crippen molar-refractivity contribution < 1.29 is 5.11 Å². The molecule has 0 rings (SSSR count). The lowest BCUT2D eigenvalue weighted by Gasteiger charge is -2.09.